The molecule has 3 aliphatic rings. The van der Waals surface area contributed by atoms with Gasteiger partial charge < -0.3 is 15.0 Å². The summed E-state index contributed by atoms with van der Waals surface area (Å²) in [5.74, 6) is -0.0852. The SMILES string of the molecule is CNC(=O)C1(C(=O)N2CCC(OC3CCCC3)CC2)CC1. The smallest absolute Gasteiger partial charge is 0.238 e. The van der Waals surface area contributed by atoms with Crippen molar-refractivity contribution in [3.8, 4) is 0 Å². The maximum atomic E-state index is 12.6. The van der Waals surface area contributed by atoms with Gasteiger partial charge in [-0.1, -0.05) is 12.8 Å². The fraction of sp³-hybridized carbons (Fsp3) is 0.875. The number of ether oxygens (including phenoxy) is 1. The van der Waals surface area contributed by atoms with Crippen LogP contribution in [0.1, 0.15) is 51.4 Å². The Morgan fingerprint density at radius 3 is 2.14 bits per heavy atom. The molecule has 0 aromatic carbocycles. The molecule has 0 bridgehead atoms. The molecule has 1 saturated heterocycles. The predicted molar refractivity (Wildman–Crippen MR) is 78.7 cm³/mol. The number of carbonyl (C=O) groups excluding carboxylic acids is 2. The maximum absolute atomic E-state index is 12.6. The predicted octanol–water partition coefficient (Wildman–Crippen LogP) is 1.46. The van der Waals surface area contributed by atoms with Crippen molar-refractivity contribution < 1.29 is 14.3 Å². The standard InChI is InChI=1S/C16H26N2O3/c1-17-14(19)16(8-9-16)15(20)18-10-6-13(7-11-18)21-12-4-2-3-5-12/h12-13H,2-11H2,1H3,(H,17,19). The van der Waals surface area contributed by atoms with E-state index in [0.717, 1.165) is 25.9 Å². The molecular formula is C16H26N2O3. The van der Waals surface area contributed by atoms with Crippen molar-refractivity contribution in [3.05, 3.63) is 0 Å². The van der Waals surface area contributed by atoms with Crippen LogP contribution < -0.4 is 5.32 Å². The van der Waals surface area contributed by atoms with Gasteiger partial charge in [0.15, 0.2) is 0 Å². The fourth-order valence-electron chi connectivity index (χ4n) is 3.70. The minimum absolute atomic E-state index is 0.0289. The van der Waals surface area contributed by atoms with Crippen LogP contribution in [0.2, 0.25) is 0 Å². The van der Waals surface area contributed by atoms with Gasteiger partial charge in [-0.3, -0.25) is 9.59 Å². The summed E-state index contributed by atoms with van der Waals surface area (Å²) >= 11 is 0. The van der Waals surface area contributed by atoms with Crippen molar-refractivity contribution in [1.29, 1.82) is 0 Å². The molecule has 0 atom stereocenters. The summed E-state index contributed by atoms with van der Waals surface area (Å²) < 4.78 is 6.13. The summed E-state index contributed by atoms with van der Waals surface area (Å²) in [5.41, 5.74) is -0.742. The van der Waals surface area contributed by atoms with Crippen LogP contribution in [0.15, 0.2) is 0 Å². The minimum Gasteiger partial charge on any atom is -0.375 e. The monoisotopic (exact) mass is 294 g/mol. The lowest BCUT2D eigenvalue weighted by molar-refractivity contribution is -0.146. The quantitative estimate of drug-likeness (QED) is 0.799. The Hall–Kier alpha value is -1.10. The number of carbonyl (C=O) groups is 2. The van der Waals surface area contributed by atoms with Gasteiger partial charge >= 0.3 is 0 Å². The number of piperidine rings is 1. The van der Waals surface area contributed by atoms with Crippen LogP contribution >= 0.6 is 0 Å². The highest BCUT2D eigenvalue weighted by Gasteiger charge is 2.57. The number of likely N-dealkylation sites (tertiary alicyclic amines) is 1. The third-order valence-electron chi connectivity index (χ3n) is 5.24. The number of nitrogens with one attached hydrogen (secondary N) is 1. The second kappa shape index (κ2) is 5.95. The summed E-state index contributed by atoms with van der Waals surface area (Å²) in [6.45, 7) is 1.46. The van der Waals surface area contributed by atoms with E-state index in [9.17, 15) is 9.59 Å². The van der Waals surface area contributed by atoms with Crippen molar-refractivity contribution >= 4 is 11.8 Å². The van der Waals surface area contributed by atoms with Gasteiger partial charge in [0.2, 0.25) is 11.8 Å². The molecule has 0 spiro atoms. The van der Waals surface area contributed by atoms with Crippen LogP contribution in [0.3, 0.4) is 0 Å². The van der Waals surface area contributed by atoms with E-state index in [4.69, 9.17) is 4.74 Å². The first-order valence-corrected chi connectivity index (χ1v) is 8.33. The topological polar surface area (TPSA) is 58.6 Å². The molecule has 118 valence electrons. The molecule has 0 aromatic rings. The van der Waals surface area contributed by atoms with Crippen molar-refractivity contribution in [1.82, 2.24) is 10.2 Å². The normalized spacial score (nSPS) is 25.9. The molecule has 2 amide bonds. The van der Waals surface area contributed by atoms with Gasteiger partial charge in [0.05, 0.1) is 12.2 Å². The molecule has 1 heterocycles. The average molecular weight is 294 g/mol. The van der Waals surface area contributed by atoms with Gasteiger partial charge in [0.25, 0.3) is 0 Å². The number of nitrogens with zero attached hydrogens (tertiary/aromatic N) is 1. The third kappa shape index (κ3) is 2.93. The number of amides is 2. The van der Waals surface area contributed by atoms with Crippen LogP contribution in [-0.2, 0) is 14.3 Å². The second-order valence-corrected chi connectivity index (χ2v) is 6.70. The molecule has 1 N–H and O–H groups in total. The maximum Gasteiger partial charge on any atom is 0.238 e. The summed E-state index contributed by atoms with van der Waals surface area (Å²) in [6.07, 6.45) is 8.92. The lowest BCUT2D eigenvalue weighted by Crippen LogP contribution is -2.48. The van der Waals surface area contributed by atoms with Crippen LogP contribution in [0.5, 0.6) is 0 Å². The zero-order valence-corrected chi connectivity index (χ0v) is 12.9. The molecule has 0 unspecified atom stereocenters. The van der Waals surface area contributed by atoms with Crippen LogP contribution in [0.4, 0.5) is 0 Å². The lowest BCUT2D eigenvalue weighted by Gasteiger charge is -2.35. The summed E-state index contributed by atoms with van der Waals surface area (Å²) in [4.78, 5) is 26.3. The fourth-order valence-corrected chi connectivity index (χ4v) is 3.70. The highest BCUT2D eigenvalue weighted by Crippen LogP contribution is 2.47. The zero-order valence-electron chi connectivity index (χ0n) is 12.9. The lowest BCUT2D eigenvalue weighted by atomic mass is 10.0. The third-order valence-corrected chi connectivity index (χ3v) is 5.24. The second-order valence-electron chi connectivity index (χ2n) is 6.70. The van der Waals surface area contributed by atoms with Crippen molar-refractivity contribution in [2.24, 2.45) is 5.41 Å². The van der Waals surface area contributed by atoms with Gasteiger partial charge in [0.1, 0.15) is 5.41 Å². The van der Waals surface area contributed by atoms with Gasteiger partial charge in [0, 0.05) is 20.1 Å². The molecule has 0 radical (unpaired) electrons. The molecule has 3 fully saturated rings. The Morgan fingerprint density at radius 1 is 1.05 bits per heavy atom. The number of hydrogen-bond acceptors (Lipinski definition) is 3. The molecule has 21 heavy (non-hydrogen) atoms. The Labute approximate surface area is 126 Å². The minimum atomic E-state index is -0.742. The van der Waals surface area contributed by atoms with E-state index in [1.807, 2.05) is 4.90 Å². The first kappa shape index (κ1) is 14.8. The van der Waals surface area contributed by atoms with Gasteiger partial charge in [-0.05, 0) is 38.5 Å². The first-order valence-electron chi connectivity index (χ1n) is 8.33. The summed E-state index contributed by atoms with van der Waals surface area (Å²) in [7, 11) is 1.61. The van der Waals surface area contributed by atoms with Crippen molar-refractivity contribution in [2.45, 2.75) is 63.6 Å². The van der Waals surface area contributed by atoms with Gasteiger partial charge in [-0.2, -0.15) is 0 Å². The largest absolute Gasteiger partial charge is 0.375 e. The van der Waals surface area contributed by atoms with E-state index in [0.29, 0.717) is 25.0 Å². The molecule has 1 aliphatic heterocycles. The molecular weight excluding hydrogens is 268 g/mol. The first-order chi connectivity index (χ1) is 10.2. The van der Waals surface area contributed by atoms with Crippen LogP contribution in [0.25, 0.3) is 0 Å². The zero-order chi connectivity index (χ0) is 14.9. The van der Waals surface area contributed by atoms with Crippen LogP contribution in [-0.4, -0.2) is 49.1 Å². The van der Waals surface area contributed by atoms with E-state index >= 15 is 0 Å². The van der Waals surface area contributed by atoms with Crippen molar-refractivity contribution in [3.63, 3.8) is 0 Å². The molecule has 5 nitrogen and oxygen atoms in total. The summed E-state index contributed by atoms with van der Waals surface area (Å²) in [6, 6.07) is 0. The molecule has 5 heteroatoms. The van der Waals surface area contributed by atoms with E-state index < -0.39 is 5.41 Å². The van der Waals surface area contributed by atoms with Gasteiger partial charge in [-0.25, -0.2) is 0 Å². The van der Waals surface area contributed by atoms with E-state index in [1.165, 1.54) is 25.7 Å². The molecule has 2 aliphatic carbocycles. The molecule has 3 rings (SSSR count). The van der Waals surface area contributed by atoms with Crippen molar-refractivity contribution in [2.75, 3.05) is 20.1 Å². The molecule has 0 aromatic heterocycles. The van der Waals surface area contributed by atoms with E-state index in [-0.39, 0.29) is 11.8 Å². The van der Waals surface area contributed by atoms with E-state index in [2.05, 4.69) is 5.32 Å². The molecule has 2 saturated carbocycles. The number of hydrogen-bond donors (Lipinski definition) is 1. The summed E-state index contributed by atoms with van der Waals surface area (Å²) in [5, 5.41) is 2.63. The highest BCUT2D eigenvalue weighted by atomic mass is 16.5. The average Bonchev–Trinajstić information content (AvgIpc) is 3.18. The highest BCUT2D eigenvalue weighted by molar-refractivity contribution is 6.07. The van der Waals surface area contributed by atoms with Crippen LogP contribution in [0, 0.1) is 5.41 Å². The Morgan fingerprint density at radius 2 is 1.62 bits per heavy atom. The van der Waals surface area contributed by atoms with Gasteiger partial charge in [-0.15, -0.1) is 0 Å². The number of rotatable bonds is 4. The Bertz CT molecular complexity index is 406. The Balaban J connectivity index is 1.49. The van der Waals surface area contributed by atoms with E-state index in [1.54, 1.807) is 7.05 Å². The Kier molecular flexibility index (Phi) is 4.20.